The van der Waals surface area contributed by atoms with Crippen molar-refractivity contribution >= 4 is 29.2 Å². The second-order valence-corrected chi connectivity index (χ2v) is 22.1. The molecule has 22 nitrogen and oxygen atoms in total. The summed E-state index contributed by atoms with van der Waals surface area (Å²) >= 11 is 0. The van der Waals surface area contributed by atoms with Gasteiger partial charge in [-0.3, -0.25) is 14.5 Å². The van der Waals surface area contributed by atoms with Crippen LogP contribution in [-0.4, -0.2) is 197 Å². The molecule has 17 atom stereocenters. The number of aromatic nitrogens is 3. The van der Waals surface area contributed by atoms with Crippen LogP contribution in [0.4, 0.5) is 20.6 Å². The number of nitrogens with zero attached hydrogens (tertiary/aromatic N) is 6. The first-order chi connectivity index (χ1) is 36.4. The lowest BCUT2D eigenvalue weighted by Crippen LogP contribution is -2.58. The zero-order valence-corrected chi connectivity index (χ0v) is 46.7. The highest BCUT2D eigenvalue weighted by atomic mass is 19.1. The molecule has 77 heavy (non-hydrogen) atoms. The van der Waals surface area contributed by atoms with Crippen LogP contribution in [0.25, 0.3) is 0 Å². The van der Waals surface area contributed by atoms with Crippen LogP contribution >= 0.6 is 0 Å². The van der Waals surface area contributed by atoms with Gasteiger partial charge >= 0.3 is 12.1 Å². The zero-order chi connectivity index (χ0) is 56.3. The van der Waals surface area contributed by atoms with Crippen LogP contribution in [0, 0.1) is 29.5 Å². The Morgan fingerprint density at radius 3 is 2.32 bits per heavy atom. The van der Waals surface area contributed by atoms with E-state index in [-0.39, 0.29) is 43.9 Å². The van der Waals surface area contributed by atoms with Crippen molar-refractivity contribution in [3.05, 3.63) is 47.4 Å². The molecule has 4 saturated heterocycles. The van der Waals surface area contributed by atoms with Crippen LogP contribution in [0.2, 0.25) is 0 Å². The second-order valence-electron chi connectivity index (χ2n) is 22.1. The molecule has 4 N–H and O–H groups in total. The van der Waals surface area contributed by atoms with E-state index >= 15 is 4.39 Å². The normalized spacial score (nSPS) is 38.1. The molecule has 1 aromatic carbocycles. The van der Waals surface area contributed by atoms with Crippen molar-refractivity contribution in [1.29, 1.82) is 0 Å². The molecule has 5 aliphatic rings. The molecule has 7 rings (SSSR count). The predicted octanol–water partition coefficient (Wildman–Crippen LogP) is 3.73. The number of amides is 1. The average molecular weight is 1090 g/mol. The van der Waals surface area contributed by atoms with Crippen molar-refractivity contribution in [3.8, 4) is 0 Å². The highest BCUT2D eigenvalue weighted by molar-refractivity contribution is 5.90. The number of morpholine rings is 1. The highest BCUT2D eigenvalue weighted by Gasteiger charge is 2.51. The summed E-state index contributed by atoms with van der Waals surface area (Å²) in [5.41, 5.74) is -1.62. The van der Waals surface area contributed by atoms with Crippen LogP contribution in [-0.2, 0) is 65.2 Å². The second kappa shape index (κ2) is 25.3. The number of carbonyl (C=O) groups is 3. The molecular formula is C54H83FN6O16. The molecule has 4 fully saturated rings. The quantitative estimate of drug-likeness (QED) is 0.185. The van der Waals surface area contributed by atoms with Crippen molar-refractivity contribution in [3.63, 3.8) is 0 Å². The van der Waals surface area contributed by atoms with E-state index in [4.69, 9.17) is 42.6 Å². The first kappa shape index (κ1) is 60.1. The third kappa shape index (κ3) is 13.4. The number of halogens is 1. The van der Waals surface area contributed by atoms with Gasteiger partial charge in [-0.1, -0.05) is 32.9 Å². The molecule has 0 spiro atoms. The molecule has 2 aromatic rings. The van der Waals surface area contributed by atoms with E-state index in [1.165, 1.54) is 39.0 Å². The number of hydrogen-bond donors (Lipinski definition) is 4. The smallest absolute Gasteiger partial charge is 0.414 e. The van der Waals surface area contributed by atoms with Gasteiger partial charge in [0.1, 0.15) is 53.1 Å². The molecule has 23 heteroatoms. The minimum absolute atomic E-state index is 0.0464. The molecule has 0 unspecified atom stereocenters. The number of aliphatic hydroxyl groups is 4. The summed E-state index contributed by atoms with van der Waals surface area (Å²) in [6.45, 7) is 17.9. The lowest BCUT2D eigenvalue weighted by molar-refractivity contribution is -0.297. The van der Waals surface area contributed by atoms with Gasteiger partial charge in [0.15, 0.2) is 6.29 Å². The SMILES string of the molecule is CC[C@H]1OC(=O)[C@H](C)[C@@H](O[C@H]2C[C@@](C)(OC)[C@@H](O)[C@H](C)O2)[C@H](C)/C(O[C@@H]2O[C@H](C)C[C@H](N(C)CCc3cn(C[C@H]4CN(c5ccc(N6CCOCC6)c(F)c5)C(=O)O4)nn3)[C@H]2O)=C(/OC)C[C@@H](C)C(=O)[C@H](C)[C@@H](O)[C@]1(C)O. The summed E-state index contributed by atoms with van der Waals surface area (Å²) in [5.74, 6) is -5.18. The average Bonchev–Trinajstić information content (AvgIpc) is 4.03. The number of anilines is 2. The van der Waals surface area contributed by atoms with Crippen LogP contribution in [0.3, 0.4) is 0 Å². The monoisotopic (exact) mass is 1090 g/mol. The van der Waals surface area contributed by atoms with Gasteiger partial charge in [0.25, 0.3) is 0 Å². The lowest BCUT2D eigenvalue weighted by Gasteiger charge is -2.46. The molecule has 6 heterocycles. The topological polar surface area (TPSA) is 256 Å². The maximum atomic E-state index is 15.3. The molecule has 5 aliphatic heterocycles. The van der Waals surface area contributed by atoms with E-state index in [1.807, 2.05) is 23.8 Å². The Morgan fingerprint density at radius 2 is 1.66 bits per heavy atom. The molecular weight excluding hydrogens is 1010 g/mol. The van der Waals surface area contributed by atoms with Crippen LogP contribution < -0.4 is 9.80 Å². The van der Waals surface area contributed by atoms with E-state index in [1.54, 1.807) is 64.6 Å². The number of cyclic esters (lactones) is 2. The third-order valence-corrected chi connectivity index (χ3v) is 16.4. The Kier molecular flexibility index (Phi) is 19.7. The molecule has 1 amide bonds. The molecule has 0 bridgehead atoms. The van der Waals surface area contributed by atoms with Gasteiger partial charge in [-0.2, -0.15) is 0 Å². The summed E-state index contributed by atoms with van der Waals surface area (Å²) in [5, 5.41) is 55.3. The van der Waals surface area contributed by atoms with Crippen LogP contribution in [0.15, 0.2) is 35.9 Å². The van der Waals surface area contributed by atoms with Crippen LogP contribution in [0.1, 0.15) is 93.7 Å². The molecule has 0 saturated carbocycles. The largest absolute Gasteiger partial charge is 0.498 e. The number of ether oxygens (including phenoxy) is 9. The van der Waals surface area contributed by atoms with E-state index in [0.29, 0.717) is 62.8 Å². The molecule has 432 valence electrons. The Morgan fingerprint density at radius 1 is 0.948 bits per heavy atom. The minimum Gasteiger partial charge on any atom is -0.498 e. The number of hydrogen-bond acceptors (Lipinski definition) is 20. The van der Waals surface area contributed by atoms with Gasteiger partial charge in [-0.05, 0) is 72.7 Å². The zero-order valence-electron chi connectivity index (χ0n) is 46.7. The van der Waals surface area contributed by atoms with E-state index in [9.17, 15) is 34.8 Å². The number of carbonyl (C=O) groups excluding carboxylic acids is 3. The first-order valence-electron chi connectivity index (χ1n) is 27.1. The fourth-order valence-electron chi connectivity index (χ4n) is 11.4. The standard InChI is InChI=1S/C54H83FN6O16/c1-13-42-54(9,68)48(64)31(4)44(62)29(2)22-41(69-11)47(32(5)46(33(6)50(66)75-42)76-43-25-53(8,70-12)49(65)34(7)73-43)77-51-45(63)40(23-30(3)72-51)58(10)17-16-35-26-60(57-56-35)27-37-28-61(52(67)74-37)36-14-15-39(38(55)24-36)59-18-20-71-21-19-59/h14-15,24,26,29-34,37,40,42-43,45-46,48-49,51,63-65,68H,13,16-23,25,27-28H2,1-12H3/b47-41-/t29-,30-,31+,32+,33-,34+,37+,40+,42-,43+,45-,46+,48-,49+,51+,53-,54-/m1/s1. The van der Waals surface area contributed by atoms with Gasteiger partial charge in [0.2, 0.25) is 6.29 Å². The summed E-state index contributed by atoms with van der Waals surface area (Å²) < 4.78 is 71.9. The van der Waals surface area contributed by atoms with E-state index in [0.717, 1.165) is 0 Å². The van der Waals surface area contributed by atoms with Crippen molar-refractivity contribution in [2.75, 3.05) is 70.5 Å². The molecule has 0 aliphatic carbocycles. The number of rotatable bonds is 15. The number of benzene rings is 1. The fraction of sp³-hybridized carbons (Fsp3) is 0.759. The number of ketones is 1. The summed E-state index contributed by atoms with van der Waals surface area (Å²) in [6, 6.07) is 4.22. The maximum Gasteiger partial charge on any atom is 0.414 e. The number of allylic oxidation sites excluding steroid dienone is 1. The fourth-order valence-corrected chi connectivity index (χ4v) is 11.4. The number of Topliss-reactive ketones (excluding diaryl/α,β-unsaturated/α-hetero) is 1. The number of aliphatic hydroxyl groups excluding tert-OH is 3. The minimum atomic E-state index is -2.02. The van der Waals surface area contributed by atoms with Gasteiger partial charge in [0.05, 0.1) is 86.4 Å². The Bertz CT molecular complexity index is 2370. The van der Waals surface area contributed by atoms with Crippen molar-refractivity contribution in [1.82, 2.24) is 19.9 Å². The lowest BCUT2D eigenvalue weighted by atomic mass is 9.78. The maximum absolute atomic E-state index is 15.3. The van der Waals surface area contributed by atoms with Gasteiger partial charge < -0.3 is 72.9 Å². The van der Waals surface area contributed by atoms with Crippen molar-refractivity contribution < 1.29 is 81.8 Å². The van der Waals surface area contributed by atoms with Crippen molar-refractivity contribution in [2.24, 2.45) is 23.7 Å². The van der Waals surface area contributed by atoms with Gasteiger partial charge in [0, 0.05) is 76.0 Å². The Balaban J connectivity index is 1.08. The summed E-state index contributed by atoms with van der Waals surface area (Å²) in [7, 11) is 4.77. The first-order valence-corrected chi connectivity index (χ1v) is 27.1. The van der Waals surface area contributed by atoms with E-state index < -0.39 is 126 Å². The van der Waals surface area contributed by atoms with Gasteiger partial charge in [-0.25, -0.2) is 13.9 Å². The predicted molar refractivity (Wildman–Crippen MR) is 276 cm³/mol. The highest BCUT2D eigenvalue weighted by Crippen LogP contribution is 2.40. The molecule has 0 radical (unpaired) electrons. The van der Waals surface area contributed by atoms with Gasteiger partial charge in [-0.15, -0.1) is 5.10 Å². The molecule has 1 aromatic heterocycles. The summed E-state index contributed by atoms with van der Waals surface area (Å²) in [6.07, 6.45) is -8.14. The Hall–Kier alpha value is -4.56. The number of esters is 1. The summed E-state index contributed by atoms with van der Waals surface area (Å²) in [4.78, 5) is 46.8. The van der Waals surface area contributed by atoms with Crippen LogP contribution in [0.5, 0.6) is 0 Å². The number of likely N-dealkylation sites (N-methyl/N-ethyl adjacent to an activating group) is 1. The van der Waals surface area contributed by atoms with E-state index in [2.05, 4.69) is 10.3 Å². The number of methoxy groups -OCH3 is 2. The Labute approximate surface area is 450 Å². The third-order valence-electron chi connectivity index (χ3n) is 16.4. The van der Waals surface area contributed by atoms with Crippen molar-refractivity contribution in [2.45, 2.75) is 180 Å².